The summed E-state index contributed by atoms with van der Waals surface area (Å²) in [5.41, 5.74) is 3.43. The maximum absolute atomic E-state index is 12.4. The Morgan fingerprint density at radius 3 is 2.80 bits per heavy atom. The van der Waals surface area contributed by atoms with Crippen molar-refractivity contribution in [2.45, 2.75) is 26.2 Å². The van der Waals surface area contributed by atoms with Gasteiger partial charge in [-0.25, -0.2) is 4.98 Å². The lowest BCUT2D eigenvalue weighted by Crippen LogP contribution is -2.28. The first-order valence-corrected chi connectivity index (χ1v) is 9.10. The number of aromatic nitrogens is 2. The number of benzene rings is 1. The number of carbonyl (C=O) groups is 1. The molecule has 2 aromatic heterocycles. The summed E-state index contributed by atoms with van der Waals surface area (Å²) in [6.07, 6.45) is 3.60. The van der Waals surface area contributed by atoms with Gasteiger partial charge in [0.05, 0.1) is 11.0 Å². The fourth-order valence-corrected chi connectivity index (χ4v) is 3.60. The number of rotatable bonds is 5. The van der Waals surface area contributed by atoms with E-state index in [0.29, 0.717) is 12.2 Å². The van der Waals surface area contributed by atoms with E-state index in [-0.39, 0.29) is 5.91 Å². The van der Waals surface area contributed by atoms with Crippen LogP contribution in [0.2, 0.25) is 0 Å². The summed E-state index contributed by atoms with van der Waals surface area (Å²) in [6, 6.07) is 10.1. The van der Waals surface area contributed by atoms with Crippen molar-refractivity contribution in [1.82, 2.24) is 20.2 Å². The highest BCUT2D eigenvalue weighted by Gasteiger charge is 2.14. The molecule has 1 saturated heterocycles. The molecule has 25 heavy (non-hydrogen) atoms. The monoisotopic (exact) mass is 336 g/mol. The van der Waals surface area contributed by atoms with Crippen LogP contribution in [-0.4, -0.2) is 47.0 Å². The molecule has 0 aliphatic carbocycles. The van der Waals surface area contributed by atoms with Gasteiger partial charge in [-0.2, -0.15) is 0 Å². The Bertz CT molecular complexity index is 909. The highest BCUT2D eigenvalue weighted by Crippen LogP contribution is 2.24. The summed E-state index contributed by atoms with van der Waals surface area (Å²) in [6.45, 7) is 6.19. The normalized spacial score (nSPS) is 15.2. The summed E-state index contributed by atoms with van der Waals surface area (Å²) in [4.78, 5) is 22.8. The van der Waals surface area contributed by atoms with Crippen molar-refractivity contribution in [3.8, 4) is 0 Å². The van der Waals surface area contributed by atoms with Gasteiger partial charge < -0.3 is 15.2 Å². The maximum atomic E-state index is 12.4. The summed E-state index contributed by atoms with van der Waals surface area (Å²) in [7, 11) is 0. The molecule has 0 unspecified atom stereocenters. The second kappa shape index (κ2) is 6.84. The molecular formula is C20H24N4O. The first kappa shape index (κ1) is 16.1. The smallest absolute Gasteiger partial charge is 0.269 e. The zero-order valence-corrected chi connectivity index (χ0v) is 14.6. The molecule has 3 aromatic rings. The molecule has 2 N–H and O–H groups in total. The number of pyridine rings is 1. The number of nitrogens with zero attached hydrogens (tertiary/aromatic N) is 2. The third-order valence-electron chi connectivity index (χ3n) is 4.97. The first-order valence-electron chi connectivity index (χ1n) is 9.10. The molecule has 0 spiro atoms. The summed E-state index contributed by atoms with van der Waals surface area (Å²) in [5, 5.41) is 5.11. The number of amides is 1. The van der Waals surface area contributed by atoms with Crippen molar-refractivity contribution in [2.24, 2.45) is 0 Å². The molecule has 1 aliphatic heterocycles. The number of nitrogens with one attached hydrogen (secondary N) is 2. The van der Waals surface area contributed by atoms with Crippen molar-refractivity contribution < 1.29 is 4.79 Å². The summed E-state index contributed by atoms with van der Waals surface area (Å²) < 4.78 is 0. The minimum atomic E-state index is -0.0848. The van der Waals surface area contributed by atoms with Crippen LogP contribution >= 0.6 is 0 Å². The Morgan fingerprint density at radius 2 is 1.96 bits per heavy atom. The lowest BCUT2D eigenvalue weighted by Gasteiger charge is -2.13. The van der Waals surface area contributed by atoms with Crippen molar-refractivity contribution >= 4 is 27.7 Å². The van der Waals surface area contributed by atoms with Crippen LogP contribution in [0.15, 0.2) is 30.3 Å². The Labute approximate surface area is 147 Å². The number of hydrogen-bond donors (Lipinski definition) is 2. The van der Waals surface area contributed by atoms with Crippen LogP contribution in [-0.2, 0) is 0 Å². The molecule has 4 rings (SSSR count). The molecule has 3 heterocycles. The average Bonchev–Trinajstić information content (AvgIpc) is 3.28. The maximum Gasteiger partial charge on any atom is 0.269 e. The lowest BCUT2D eigenvalue weighted by atomic mass is 10.1. The Morgan fingerprint density at radius 1 is 1.20 bits per heavy atom. The van der Waals surface area contributed by atoms with Crippen molar-refractivity contribution in [2.75, 3.05) is 26.2 Å². The molecule has 0 saturated carbocycles. The van der Waals surface area contributed by atoms with Crippen LogP contribution < -0.4 is 5.32 Å². The number of aryl methyl sites for hydroxylation is 1. The number of likely N-dealkylation sites (tertiary alicyclic amines) is 1. The van der Waals surface area contributed by atoms with Crippen LogP contribution in [0.4, 0.5) is 0 Å². The number of H-pyrrole nitrogens is 1. The van der Waals surface area contributed by atoms with E-state index in [2.05, 4.69) is 32.3 Å². The van der Waals surface area contributed by atoms with E-state index in [1.165, 1.54) is 25.9 Å². The van der Waals surface area contributed by atoms with Gasteiger partial charge in [-0.1, -0.05) is 18.2 Å². The highest BCUT2D eigenvalue weighted by atomic mass is 16.1. The number of carbonyl (C=O) groups excluding carboxylic acids is 1. The summed E-state index contributed by atoms with van der Waals surface area (Å²) >= 11 is 0. The van der Waals surface area contributed by atoms with Crippen LogP contribution in [0.5, 0.6) is 0 Å². The molecule has 0 radical (unpaired) electrons. The van der Waals surface area contributed by atoms with Crippen LogP contribution in [0.25, 0.3) is 21.8 Å². The molecule has 1 amide bonds. The zero-order valence-electron chi connectivity index (χ0n) is 14.6. The van der Waals surface area contributed by atoms with Crippen molar-refractivity contribution in [3.05, 3.63) is 41.7 Å². The van der Waals surface area contributed by atoms with Crippen molar-refractivity contribution in [1.29, 1.82) is 0 Å². The fourth-order valence-electron chi connectivity index (χ4n) is 3.60. The molecular weight excluding hydrogens is 312 g/mol. The Kier molecular flexibility index (Phi) is 4.40. The third kappa shape index (κ3) is 3.37. The van der Waals surface area contributed by atoms with Gasteiger partial charge in [0.2, 0.25) is 0 Å². The van der Waals surface area contributed by atoms with Gasteiger partial charge in [-0.3, -0.25) is 4.79 Å². The van der Waals surface area contributed by atoms with Gasteiger partial charge in [0.1, 0.15) is 5.69 Å². The minimum Gasteiger partial charge on any atom is -0.357 e. The minimum absolute atomic E-state index is 0.0848. The van der Waals surface area contributed by atoms with E-state index in [4.69, 9.17) is 0 Å². The molecule has 0 bridgehead atoms. The summed E-state index contributed by atoms with van der Waals surface area (Å²) in [5.74, 6) is -0.0848. The second-order valence-electron chi connectivity index (χ2n) is 6.91. The van der Waals surface area contributed by atoms with E-state index in [1.54, 1.807) is 0 Å². The molecule has 1 aliphatic rings. The number of aromatic amines is 1. The number of fused-ring (bicyclic) bond motifs is 3. The predicted octanol–water partition coefficient (Wildman–Crippen LogP) is 3.24. The van der Waals surface area contributed by atoms with Crippen molar-refractivity contribution in [3.63, 3.8) is 0 Å². The molecule has 130 valence electrons. The second-order valence-corrected chi connectivity index (χ2v) is 6.91. The topological polar surface area (TPSA) is 61.0 Å². The molecule has 1 aromatic carbocycles. The predicted molar refractivity (Wildman–Crippen MR) is 101 cm³/mol. The quantitative estimate of drug-likeness (QED) is 0.703. The fraction of sp³-hybridized carbons (Fsp3) is 0.400. The van der Waals surface area contributed by atoms with E-state index in [1.807, 2.05) is 25.1 Å². The average molecular weight is 336 g/mol. The largest absolute Gasteiger partial charge is 0.357 e. The van der Waals surface area contributed by atoms with Crippen LogP contribution in [0.3, 0.4) is 0 Å². The van der Waals surface area contributed by atoms with Crippen LogP contribution in [0.1, 0.15) is 35.4 Å². The van der Waals surface area contributed by atoms with Gasteiger partial charge in [-0.05, 0) is 58.0 Å². The van der Waals surface area contributed by atoms with Gasteiger partial charge in [0, 0.05) is 23.0 Å². The van der Waals surface area contributed by atoms with Gasteiger partial charge in [0.25, 0.3) is 5.91 Å². The SMILES string of the molecule is Cc1ccc2ccc3cc(C(=O)NCCCN4CCCC4)nc3c2[nH]1. The van der Waals surface area contributed by atoms with E-state index in [0.717, 1.165) is 40.5 Å². The Balaban J connectivity index is 1.46. The molecule has 0 atom stereocenters. The van der Waals surface area contributed by atoms with Gasteiger partial charge in [0.15, 0.2) is 0 Å². The highest BCUT2D eigenvalue weighted by molar-refractivity contribution is 6.07. The van der Waals surface area contributed by atoms with E-state index in [9.17, 15) is 4.79 Å². The molecule has 5 nitrogen and oxygen atoms in total. The molecule has 1 fully saturated rings. The lowest BCUT2D eigenvalue weighted by molar-refractivity contribution is 0.0948. The number of hydrogen-bond acceptors (Lipinski definition) is 3. The van der Waals surface area contributed by atoms with Gasteiger partial charge >= 0.3 is 0 Å². The van der Waals surface area contributed by atoms with E-state index < -0.39 is 0 Å². The van der Waals surface area contributed by atoms with E-state index >= 15 is 0 Å². The first-order chi connectivity index (χ1) is 12.2. The van der Waals surface area contributed by atoms with Gasteiger partial charge in [-0.15, -0.1) is 0 Å². The third-order valence-corrected chi connectivity index (χ3v) is 4.97. The zero-order chi connectivity index (χ0) is 17.2. The van der Waals surface area contributed by atoms with Crippen LogP contribution in [0, 0.1) is 6.92 Å². The standard InChI is InChI=1S/C20H24N4O/c1-14-5-6-15-7-8-16-13-17(23-19(16)18(15)22-14)20(25)21-9-4-12-24-10-2-3-11-24/h5-8,13,22H,2-4,9-12H2,1H3,(H,21,25). The molecule has 5 heteroatoms. The Hall–Kier alpha value is -2.40.